The van der Waals surface area contributed by atoms with E-state index < -0.39 is 10.0 Å². The molecule has 1 aliphatic heterocycles. The number of benzene rings is 2. The van der Waals surface area contributed by atoms with Gasteiger partial charge in [0.1, 0.15) is 0 Å². The molecule has 23 heavy (non-hydrogen) atoms. The van der Waals surface area contributed by atoms with Gasteiger partial charge in [0.25, 0.3) is 0 Å². The molecule has 1 aliphatic carbocycles. The number of sulfonamides is 1. The van der Waals surface area contributed by atoms with Gasteiger partial charge in [-0.3, -0.25) is 4.90 Å². The Labute approximate surface area is 136 Å². The zero-order valence-electron chi connectivity index (χ0n) is 13.0. The molecule has 0 radical (unpaired) electrons. The Hall–Kier alpha value is -1.47. The Kier molecular flexibility index (Phi) is 3.65. The van der Waals surface area contributed by atoms with Gasteiger partial charge < -0.3 is 4.74 Å². The van der Waals surface area contributed by atoms with Crippen molar-refractivity contribution in [3.8, 4) is 0 Å². The summed E-state index contributed by atoms with van der Waals surface area (Å²) in [6, 6.07) is 12.2. The lowest BCUT2D eigenvalue weighted by molar-refractivity contribution is 0.0106. The van der Waals surface area contributed by atoms with E-state index in [-0.39, 0.29) is 12.1 Å². The van der Waals surface area contributed by atoms with Gasteiger partial charge in [-0.2, -0.15) is 0 Å². The Morgan fingerprint density at radius 2 is 1.74 bits per heavy atom. The molecule has 1 heterocycles. The topological polar surface area (TPSA) is 58.6 Å². The number of morpholine rings is 1. The van der Waals surface area contributed by atoms with Crippen molar-refractivity contribution < 1.29 is 13.2 Å². The van der Waals surface area contributed by atoms with Crippen LogP contribution in [0.25, 0.3) is 10.8 Å². The van der Waals surface area contributed by atoms with Gasteiger partial charge in [0.2, 0.25) is 10.0 Å². The van der Waals surface area contributed by atoms with E-state index in [1.807, 2.05) is 12.1 Å². The predicted octanol–water partition coefficient (Wildman–Crippen LogP) is 1.82. The Morgan fingerprint density at radius 3 is 2.39 bits per heavy atom. The normalized spacial score (nSPS) is 25.1. The molecule has 2 aromatic rings. The molecule has 1 saturated heterocycles. The number of nitrogens with zero attached hydrogens (tertiary/aromatic N) is 1. The fourth-order valence-corrected chi connectivity index (χ4v) is 4.59. The summed E-state index contributed by atoms with van der Waals surface area (Å²) in [7, 11) is -3.30. The molecule has 6 heteroatoms. The summed E-state index contributed by atoms with van der Waals surface area (Å²) < 4.78 is 32.2. The van der Waals surface area contributed by atoms with E-state index in [9.17, 15) is 8.42 Å². The fraction of sp³-hybridized carbons (Fsp3) is 0.412. The first-order chi connectivity index (χ1) is 11.0. The molecule has 0 amide bonds. The summed E-state index contributed by atoms with van der Waals surface area (Å²) in [5.41, 5.74) is 2.28. The van der Waals surface area contributed by atoms with E-state index in [1.165, 1.54) is 17.2 Å². The van der Waals surface area contributed by atoms with Crippen LogP contribution in [0.5, 0.6) is 0 Å². The molecule has 1 N–H and O–H groups in total. The largest absolute Gasteiger partial charge is 0.379 e. The van der Waals surface area contributed by atoms with Crippen molar-refractivity contribution in [2.75, 3.05) is 32.6 Å². The lowest BCUT2D eigenvalue weighted by atomic mass is 10.0. The third-order valence-corrected chi connectivity index (χ3v) is 5.40. The molecule has 1 fully saturated rings. The van der Waals surface area contributed by atoms with Gasteiger partial charge in [0.15, 0.2) is 0 Å². The number of ether oxygens (including phenoxy) is 1. The summed E-state index contributed by atoms with van der Waals surface area (Å²) in [4.78, 5) is 2.33. The average molecular weight is 332 g/mol. The summed E-state index contributed by atoms with van der Waals surface area (Å²) in [5.74, 6) is 0. The zero-order chi connectivity index (χ0) is 16.0. The second kappa shape index (κ2) is 5.56. The molecule has 0 bridgehead atoms. The summed E-state index contributed by atoms with van der Waals surface area (Å²) in [6.07, 6.45) is 1.23. The van der Waals surface area contributed by atoms with Gasteiger partial charge in [0.05, 0.1) is 31.6 Å². The van der Waals surface area contributed by atoms with Gasteiger partial charge in [-0.1, -0.05) is 36.4 Å². The third-order valence-electron chi connectivity index (χ3n) is 4.72. The van der Waals surface area contributed by atoms with Crippen molar-refractivity contribution in [2.45, 2.75) is 12.1 Å². The highest BCUT2D eigenvalue weighted by Gasteiger charge is 2.39. The number of hydrogen-bond donors (Lipinski definition) is 1. The molecule has 122 valence electrons. The highest BCUT2D eigenvalue weighted by molar-refractivity contribution is 7.88. The second-order valence-electron chi connectivity index (χ2n) is 6.25. The molecular formula is C17H20N2O3S. The van der Waals surface area contributed by atoms with Crippen LogP contribution < -0.4 is 4.72 Å². The second-order valence-corrected chi connectivity index (χ2v) is 8.03. The summed E-state index contributed by atoms with van der Waals surface area (Å²) >= 11 is 0. The molecular weight excluding hydrogens is 312 g/mol. The van der Waals surface area contributed by atoms with Gasteiger partial charge in [-0.15, -0.1) is 0 Å². The van der Waals surface area contributed by atoms with Crippen molar-refractivity contribution >= 4 is 20.8 Å². The minimum absolute atomic E-state index is 0.0229. The molecule has 2 aromatic carbocycles. The average Bonchev–Trinajstić information content (AvgIpc) is 2.83. The first kappa shape index (κ1) is 15.1. The lowest BCUT2D eigenvalue weighted by Gasteiger charge is -2.36. The van der Waals surface area contributed by atoms with Crippen LogP contribution in [0.15, 0.2) is 36.4 Å². The van der Waals surface area contributed by atoms with Crippen LogP contribution in [0.3, 0.4) is 0 Å². The van der Waals surface area contributed by atoms with Crippen molar-refractivity contribution in [1.29, 1.82) is 0 Å². The van der Waals surface area contributed by atoms with Crippen molar-refractivity contribution in [3.05, 3.63) is 47.5 Å². The van der Waals surface area contributed by atoms with Crippen LogP contribution in [-0.2, 0) is 14.8 Å². The van der Waals surface area contributed by atoms with E-state index in [2.05, 4.69) is 33.9 Å². The maximum atomic E-state index is 11.9. The van der Waals surface area contributed by atoms with Crippen LogP contribution in [0.1, 0.15) is 23.2 Å². The molecule has 4 rings (SSSR count). The first-order valence-corrected chi connectivity index (χ1v) is 9.74. The van der Waals surface area contributed by atoms with Crippen molar-refractivity contribution in [1.82, 2.24) is 9.62 Å². The van der Waals surface area contributed by atoms with E-state index in [4.69, 9.17) is 4.74 Å². The van der Waals surface area contributed by atoms with E-state index in [0.29, 0.717) is 13.2 Å². The minimum Gasteiger partial charge on any atom is -0.379 e. The Morgan fingerprint density at radius 1 is 1.09 bits per heavy atom. The lowest BCUT2D eigenvalue weighted by Crippen LogP contribution is -2.43. The highest BCUT2D eigenvalue weighted by Crippen LogP contribution is 2.47. The predicted molar refractivity (Wildman–Crippen MR) is 89.8 cm³/mol. The first-order valence-electron chi connectivity index (χ1n) is 7.85. The quantitative estimate of drug-likeness (QED) is 0.931. The van der Waals surface area contributed by atoms with Crippen LogP contribution in [0.2, 0.25) is 0 Å². The van der Waals surface area contributed by atoms with E-state index in [0.717, 1.165) is 24.0 Å². The molecule has 5 nitrogen and oxygen atoms in total. The smallest absolute Gasteiger partial charge is 0.209 e. The maximum absolute atomic E-state index is 11.9. The molecule has 0 spiro atoms. The number of hydrogen-bond acceptors (Lipinski definition) is 4. The Balaban J connectivity index is 1.87. The third kappa shape index (κ3) is 2.65. The number of rotatable bonds is 3. The maximum Gasteiger partial charge on any atom is 0.209 e. The fourth-order valence-electron chi connectivity index (χ4n) is 3.88. The van der Waals surface area contributed by atoms with E-state index in [1.54, 1.807) is 0 Å². The van der Waals surface area contributed by atoms with E-state index >= 15 is 0 Å². The minimum atomic E-state index is -3.30. The number of nitrogens with one attached hydrogen (secondary N) is 1. The van der Waals surface area contributed by atoms with Gasteiger partial charge in [0, 0.05) is 13.1 Å². The van der Waals surface area contributed by atoms with Crippen molar-refractivity contribution in [2.24, 2.45) is 0 Å². The van der Waals surface area contributed by atoms with Crippen LogP contribution in [0, 0.1) is 0 Å². The molecule has 0 aromatic heterocycles. The zero-order valence-corrected chi connectivity index (χ0v) is 13.8. The molecule has 2 aliphatic rings. The SMILES string of the molecule is CS(=O)(=O)N[C@H]1c2cccc3cccc(c23)[C@H]1N1CCOCC1. The van der Waals surface area contributed by atoms with Crippen molar-refractivity contribution in [3.63, 3.8) is 0 Å². The van der Waals surface area contributed by atoms with Gasteiger partial charge in [-0.25, -0.2) is 13.1 Å². The summed E-state index contributed by atoms with van der Waals surface area (Å²) in [5, 5.41) is 2.35. The van der Waals surface area contributed by atoms with Crippen LogP contribution in [0.4, 0.5) is 0 Å². The van der Waals surface area contributed by atoms with Gasteiger partial charge in [-0.05, 0) is 21.9 Å². The summed E-state index contributed by atoms with van der Waals surface area (Å²) in [6.45, 7) is 3.01. The molecule has 0 unspecified atom stereocenters. The monoisotopic (exact) mass is 332 g/mol. The van der Waals surface area contributed by atoms with Crippen LogP contribution in [-0.4, -0.2) is 45.9 Å². The highest BCUT2D eigenvalue weighted by atomic mass is 32.2. The molecule has 0 saturated carbocycles. The Bertz CT molecular complexity index is 839. The molecule has 2 atom stereocenters. The standard InChI is InChI=1S/C17H20N2O3S/c1-23(20,21)18-16-13-6-2-4-12-5-3-7-14(15(12)13)17(16)19-8-10-22-11-9-19/h2-7,16-18H,8-11H2,1H3/t16-,17+/m0/s1. The van der Waals surface area contributed by atoms with Crippen LogP contribution >= 0.6 is 0 Å². The van der Waals surface area contributed by atoms with Gasteiger partial charge >= 0.3 is 0 Å².